The lowest BCUT2D eigenvalue weighted by Gasteiger charge is -2.47. The van der Waals surface area contributed by atoms with Crippen molar-refractivity contribution in [2.75, 3.05) is 56.7 Å². The standard InChI is InChI=1S/C30H42N6O/c1-4-25-29(32-24-7-17-37-18-8-24)34-26(27(21-31)33-25)20-23-5-6-28(22(2)19-23)36-15-11-30(12-16-36)9-13-35(3)14-10-30/h5-6,19,24H,4,7-18,20H2,1-3H3,(H,32,34). The van der Waals surface area contributed by atoms with Crippen LogP contribution in [0.1, 0.15) is 73.7 Å². The molecule has 0 atom stereocenters. The van der Waals surface area contributed by atoms with Gasteiger partial charge in [0.15, 0.2) is 5.69 Å². The van der Waals surface area contributed by atoms with E-state index in [1.807, 2.05) is 0 Å². The first-order valence-corrected chi connectivity index (χ1v) is 14.2. The molecule has 7 nitrogen and oxygen atoms in total. The van der Waals surface area contributed by atoms with Crippen molar-refractivity contribution in [2.45, 2.75) is 71.3 Å². The van der Waals surface area contributed by atoms with Crippen LogP contribution in [-0.4, -0.2) is 67.4 Å². The second kappa shape index (κ2) is 11.4. The Morgan fingerprint density at radius 2 is 1.76 bits per heavy atom. The first-order chi connectivity index (χ1) is 18.0. The van der Waals surface area contributed by atoms with E-state index in [-0.39, 0.29) is 0 Å². The number of hydrogen-bond donors (Lipinski definition) is 1. The number of likely N-dealkylation sites (tertiary alicyclic amines) is 1. The summed E-state index contributed by atoms with van der Waals surface area (Å²) in [6, 6.07) is 9.40. The summed E-state index contributed by atoms with van der Waals surface area (Å²) in [5.74, 6) is 0.827. The van der Waals surface area contributed by atoms with E-state index in [2.05, 4.69) is 60.3 Å². The smallest absolute Gasteiger partial charge is 0.162 e. The lowest BCUT2D eigenvalue weighted by atomic mass is 9.71. The lowest BCUT2D eigenvalue weighted by molar-refractivity contribution is 0.0903. The van der Waals surface area contributed by atoms with Gasteiger partial charge in [0.25, 0.3) is 0 Å². The Kier molecular flexibility index (Phi) is 7.97. The van der Waals surface area contributed by atoms with Crippen molar-refractivity contribution in [3.8, 4) is 6.07 Å². The van der Waals surface area contributed by atoms with Gasteiger partial charge in [0.1, 0.15) is 11.9 Å². The van der Waals surface area contributed by atoms with Gasteiger partial charge in [-0.1, -0.05) is 19.1 Å². The number of ether oxygens (including phenoxy) is 1. The number of nitriles is 1. The number of nitrogens with zero attached hydrogens (tertiary/aromatic N) is 5. The van der Waals surface area contributed by atoms with Gasteiger partial charge in [0, 0.05) is 44.5 Å². The molecule has 0 radical (unpaired) electrons. The van der Waals surface area contributed by atoms with E-state index in [9.17, 15) is 5.26 Å². The molecule has 3 fully saturated rings. The van der Waals surface area contributed by atoms with Crippen LogP contribution in [0.4, 0.5) is 11.5 Å². The zero-order valence-electron chi connectivity index (χ0n) is 22.9. The summed E-state index contributed by atoms with van der Waals surface area (Å²) >= 11 is 0. The molecule has 1 aromatic carbocycles. The van der Waals surface area contributed by atoms with Crippen molar-refractivity contribution in [3.05, 3.63) is 46.4 Å². The van der Waals surface area contributed by atoms with Crippen LogP contribution in [0, 0.1) is 23.7 Å². The van der Waals surface area contributed by atoms with Gasteiger partial charge in [0.2, 0.25) is 0 Å². The van der Waals surface area contributed by atoms with Crippen LogP contribution in [0.15, 0.2) is 18.2 Å². The van der Waals surface area contributed by atoms with Crippen LogP contribution < -0.4 is 10.2 Å². The predicted molar refractivity (Wildman–Crippen MR) is 148 cm³/mol. The third-order valence-electron chi connectivity index (χ3n) is 8.89. The molecular weight excluding hydrogens is 460 g/mol. The summed E-state index contributed by atoms with van der Waals surface area (Å²) < 4.78 is 5.51. The summed E-state index contributed by atoms with van der Waals surface area (Å²) in [7, 11) is 2.25. The fourth-order valence-electron chi connectivity index (χ4n) is 6.31. The lowest BCUT2D eigenvalue weighted by Crippen LogP contribution is -2.46. The summed E-state index contributed by atoms with van der Waals surface area (Å²) in [6.45, 7) is 10.6. The normalized spacial score (nSPS) is 20.6. The third-order valence-corrected chi connectivity index (χ3v) is 8.89. The Hall–Kier alpha value is -2.69. The molecule has 0 unspecified atom stereocenters. The molecule has 0 aliphatic carbocycles. The number of aryl methyl sites for hydroxylation is 2. The van der Waals surface area contributed by atoms with Crippen LogP contribution in [0.2, 0.25) is 0 Å². The maximum absolute atomic E-state index is 9.82. The molecule has 37 heavy (non-hydrogen) atoms. The summed E-state index contributed by atoms with van der Waals surface area (Å²) in [5.41, 5.74) is 6.45. The Morgan fingerprint density at radius 3 is 2.41 bits per heavy atom. The molecule has 0 bridgehead atoms. The molecule has 4 heterocycles. The van der Waals surface area contributed by atoms with E-state index >= 15 is 0 Å². The highest BCUT2D eigenvalue weighted by Crippen LogP contribution is 2.42. The maximum Gasteiger partial charge on any atom is 0.162 e. The largest absolute Gasteiger partial charge is 0.381 e. The SMILES string of the molecule is CCc1nc(C#N)c(Cc2ccc(N3CCC4(CCN(C)CC4)CC3)c(C)c2)nc1NC1CCOCC1. The van der Waals surface area contributed by atoms with Crippen molar-refractivity contribution < 1.29 is 4.74 Å². The topological polar surface area (TPSA) is 77.3 Å². The summed E-state index contributed by atoms with van der Waals surface area (Å²) in [4.78, 5) is 14.7. The second-order valence-corrected chi connectivity index (χ2v) is 11.4. The number of piperidine rings is 2. The number of anilines is 2. The molecule has 1 N–H and O–H groups in total. The van der Waals surface area contributed by atoms with E-state index < -0.39 is 0 Å². The third kappa shape index (κ3) is 5.91. The van der Waals surface area contributed by atoms with Gasteiger partial charge in [-0.05, 0) is 94.6 Å². The maximum atomic E-state index is 9.82. The molecule has 2 aromatic rings. The molecule has 1 aromatic heterocycles. The molecular formula is C30H42N6O. The zero-order valence-corrected chi connectivity index (χ0v) is 22.9. The second-order valence-electron chi connectivity index (χ2n) is 11.4. The molecule has 0 saturated carbocycles. The van der Waals surface area contributed by atoms with Crippen LogP contribution in [0.25, 0.3) is 0 Å². The minimum Gasteiger partial charge on any atom is -0.381 e. The van der Waals surface area contributed by atoms with Crippen LogP contribution in [0.3, 0.4) is 0 Å². The summed E-state index contributed by atoms with van der Waals surface area (Å²) in [6.07, 6.45) is 8.59. The van der Waals surface area contributed by atoms with E-state index in [4.69, 9.17) is 14.7 Å². The van der Waals surface area contributed by atoms with Crippen molar-refractivity contribution in [1.29, 1.82) is 5.26 Å². The zero-order chi connectivity index (χ0) is 25.8. The predicted octanol–water partition coefficient (Wildman–Crippen LogP) is 4.71. The molecule has 5 rings (SSSR count). The van der Waals surface area contributed by atoms with Crippen molar-refractivity contribution in [1.82, 2.24) is 14.9 Å². The Balaban J connectivity index is 1.29. The van der Waals surface area contributed by atoms with Gasteiger partial charge < -0.3 is 19.9 Å². The molecule has 7 heteroatoms. The van der Waals surface area contributed by atoms with Gasteiger partial charge in [-0.3, -0.25) is 0 Å². The number of benzene rings is 1. The average Bonchev–Trinajstić information content (AvgIpc) is 2.92. The quantitative estimate of drug-likeness (QED) is 0.613. The van der Waals surface area contributed by atoms with E-state index in [0.717, 1.165) is 62.8 Å². The van der Waals surface area contributed by atoms with Crippen LogP contribution in [0.5, 0.6) is 0 Å². The Labute approximate surface area is 222 Å². The van der Waals surface area contributed by atoms with Gasteiger partial charge in [-0.25, -0.2) is 9.97 Å². The molecule has 3 aliphatic heterocycles. The summed E-state index contributed by atoms with van der Waals surface area (Å²) in [5, 5.41) is 13.4. The van der Waals surface area contributed by atoms with Crippen LogP contribution in [-0.2, 0) is 17.6 Å². The van der Waals surface area contributed by atoms with E-state index in [0.29, 0.717) is 23.6 Å². The molecule has 0 amide bonds. The fourth-order valence-corrected chi connectivity index (χ4v) is 6.31. The highest BCUT2D eigenvalue weighted by atomic mass is 16.5. The van der Waals surface area contributed by atoms with Gasteiger partial charge in [-0.2, -0.15) is 5.26 Å². The van der Waals surface area contributed by atoms with Crippen LogP contribution >= 0.6 is 0 Å². The molecule has 1 spiro atoms. The Morgan fingerprint density at radius 1 is 1.05 bits per heavy atom. The van der Waals surface area contributed by atoms with E-state index in [1.54, 1.807) is 0 Å². The monoisotopic (exact) mass is 502 g/mol. The average molecular weight is 503 g/mol. The highest BCUT2D eigenvalue weighted by Gasteiger charge is 2.37. The first kappa shape index (κ1) is 25.9. The minimum atomic E-state index is 0.342. The van der Waals surface area contributed by atoms with Gasteiger partial charge in [0.05, 0.1) is 11.4 Å². The minimum absolute atomic E-state index is 0.342. The number of hydrogen-bond acceptors (Lipinski definition) is 7. The Bertz CT molecular complexity index is 1120. The fraction of sp³-hybridized carbons (Fsp3) is 0.633. The highest BCUT2D eigenvalue weighted by molar-refractivity contribution is 5.55. The first-order valence-electron chi connectivity index (χ1n) is 14.2. The van der Waals surface area contributed by atoms with Crippen molar-refractivity contribution in [2.24, 2.45) is 5.41 Å². The van der Waals surface area contributed by atoms with Gasteiger partial charge in [-0.15, -0.1) is 0 Å². The molecule has 3 aliphatic rings. The van der Waals surface area contributed by atoms with Crippen molar-refractivity contribution >= 4 is 11.5 Å². The number of rotatable bonds is 6. The number of aromatic nitrogens is 2. The number of nitrogens with one attached hydrogen (secondary N) is 1. The van der Waals surface area contributed by atoms with E-state index in [1.165, 1.54) is 55.6 Å². The van der Waals surface area contributed by atoms with Crippen molar-refractivity contribution in [3.63, 3.8) is 0 Å². The molecule has 198 valence electrons. The molecule has 3 saturated heterocycles. The van der Waals surface area contributed by atoms with Gasteiger partial charge >= 0.3 is 0 Å².